The molecule has 25 heavy (non-hydrogen) atoms. The summed E-state index contributed by atoms with van der Waals surface area (Å²) < 4.78 is 6.96. The second-order valence-corrected chi connectivity index (χ2v) is 6.22. The molecule has 1 fully saturated rings. The van der Waals surface area contributed by atoms with Gasteiger partial charge in [0.15, 0.2) is 0 Å². The summed E-state index contributed by atoms with van der Waals surface area (Å²) in [7, 11) is 1.80. The highest BCUT2D eigenvalue weighted by molar-refractivity contribution is 5.78. The highest BCUT2D eigenvalue weighted by Gasteiger charge is 2.31. The zero-order valence-electron chi connectivity index (χ0n) is 13.8. The Morgan fingerprint density at radius 1 is 1.12 bits per heavy atom. The quantitative estimate of drug-likeness (QED) is 0.586. The van der Waals surface area contributed by atoms with Gasteiger partial charge in [0.1, 0.15) is 11.6 Å². The number of nitrogen functional groups attached to an aromatic ring is 1. The molecule has 0 saturated heterocycles. The Morgan fingerprint density at radius 3 is 2.40 bits per heavy atom. The minimum Gasteiger partial charge on any atom is -0.426 e. The van der Waals surface area contributed by atoms with Crippen LogP contribution >= 0.6 is 0 Å². The molecule has 3 aromatic rings. The summed E-state index contributed by atoms with van der Waals surface area (Å²) in [6.07, 6.45) is 5.39. The molecular weight excluding hydrogens is 316 g/mol. The van der Waals surface area contributed by atoms with E-state index in [0.717, 1.165) is 35.2 Å². The number of anilines is 1. The van der Waals surface area contributed by atoms with Gasteiger partial charge in [-0.3, -0.25) is 14.5 Å². The van der Waals surface area contributed by atoms with Crippen LogP contribution in [0.1, 0.15) is 12.8 Å². The third kappa shape index (κ3) is 3.10. The van der Waals surface area contributed by atoms with Crippen LogP contribution in [0.3, 0.4) is 0 Å². The molecule has 0 aliphatic heterocycles. The number of aromatic nitrogens is 3. The molecule has 1 aliphatic rings. The van der Waals surface area contributed by atoms with E-state index in [1.54, 1.807) is 24.1 Å². The van der Waals surface area contributed by atoms with E-state index in [0.29, 0.717) is 11.6 Å². The van der Waals surface area contributed by atoms with E-state index in [4.69, 9.17) is 10.5 Å². The van der Waals surface area contributed by atoms with E-state index in [-0.39, 0.29) is 11.9 Å². The number of pyridine rings is 1. The van der Waals surface area contributed by atoms with Crippen LogP contribution < -0.4 is 10.5 Å². The maximum Gasteiger partial charge on any atom is 0.314 e. The first kappa shape index (κ1) is 15.4. The number of benzene rings is 1. The second-order valence-electron chi connectivity index (χ2n) is 6.22. The first-order chi connectivity index (χ1) is 12.1. The fourth-order valence-corrected chi connectivity index (χ4v) is 2.60. The molecule has 6 heteroatoms. The predicted octanol–water partition coefficient (Wildman–Crippen LogP) is 3.05. The van der Waals surface area contributed by atoms with Crippen molar-refractivity contribution in [2.45, 2.75) is 12.8 Å². The van der Waals surface area contributed by atoms with Gasteiger partial charge in [0, 0.05) is 18.8 Å². The van der Waals surface area contributed by atoms with Crippen LogP contribution in [-0.4, -0.2) is 20.7 Å². The number of hydrogen-bond donors (Lipinski definition) is 1. The molecule has 126 valence electrons. The summed E-state index contributed by atoms with van der Waals surface area (Å²) in [5.74, 6) is 1.12. The summed E-state index contributed by atoms with van der Waals surface area (Å²) in [4.78, 5) is 16.2. The number of ether oxygens (including phenoxy) is 1. The van der Waals surface area contributed by atoms with Gasteiger partial charge >= 0.3 is 5.97 Å². The van der Waals surface area contributed by atoms with Crippen LogP contribution in [0.2, 0.25) is 0 Å². The Kier molecular flexibility index (Phi) is 3.72. The van der Waals surface area contributed by atoms with Crippen LogP contribution in [0, 0.1) is 5.92 Å². The van der Waals surface area contributed by atoms with E-state index in [1.807, 2.05) is 36.4 Å². The number of hydrogen-bond acceptors (Lipinski definition) is 5. The molecule has 0 radical (unpaired) electrons. The topological polar surface area (TPSA) is 83.0 Å². The standard InChI is InChI=1S/C19H18N4O2/c1-23-18(20)16(11-22-23)17-9-6-14(10-21-17)12-4-7-15(8-5-12)25-19(24)13-2-3-13/h4-11,13H,2-3,20H2,1H3. The third-order valence-corrected chi connectivity index (χ3v) is 4.34. The Morgan fingerprint density at radius 2 is 1.84 bits per heavy atom. The number of rotatable bonds is 4. The smallest absolute Gasteiger partial charge is 0.314 e. The Hall–Kier alpha value is -3.15. The molecule has 1 saturated carbocycles. The van der Waals surface area contributed by atoms with E-state index >= 15 is 0 Å². The number of nitrogens with two attached hydrogens (primary N) is 1. The highest BCUT2D eigenvalue weighted by Crippen LogP contribution is 2.31. The zero-order chi connectivity index (χ0) is 17.4. The lowest BCUT2D eigenvalue weighted by molar-refractivity contribution is -0.135. The molecule has 0 spiro atoms. The van der Waals surface area contributed by atoms with Gasteiger partial charge in [0.2, 0.25) is 0 Å². The molecule has 1 aliphatic carbocycles. The maximum atomic E-state index is 11.7. The Balaban J connectivity index is 1.51. The SMILES string of the molecule is Cn1ncc(-c2ccc(-c3ccc(OC(=O)C4CC4)cc3)cn2)c1N. The molecule has 2 aromatic heterocycles. The van der Waals surface area contributed by atoms with E-state index in [1.165, 1.54) is 0 Å². The van der Waals surface area contributed by atoms with Gasteiger partial charge < -0.3 is 10.5 Å². The van der Waals surface area contributed by atoms with Crippen molar-refractivity contribution in [3.8, 4) is 28.1 Å². The first-order valence-corrected chi connectivity index (χ1v) is 8.18. The summed E-state index contributed by atoms with van der Waals surface area (Å²) in [6.45, 7) is 0. The molecule has 4 rings (SSSR count). The van der Waals surface area contributed by atoms with Gasteiger partial charge in [-0.05, 0) is 36.6 Å². The Bertz CT molecular complexity index is 910. The second kappa shape index (κ2) is 6.05. The average Bonchev–Trinajstić information content (AvgIpc) is 3.43. The lowest BCUT2D eigenvalue weighted by atomic mass is 10.1. The zero-order valence-corrected chi connectivity index (χ0v) is 13.8. The summed E-state index contributed by atoms with van der Waals surface area (Å²) in [6, 6.07) is 11.4. The molecule has 6 nitrogen and oxygen atoms in total. The highest BCUT2D eigenvalue weighted by atomic mass is 16.5. The fraction of sp³-hybridized carbons (Fsp3) is 0.211. The lowest BCUT2D eigenvalue weighted by Crippen LogP contribution is -2.09. The maximum absolute atomic E-state index is 11.7. The molecule has 0 bridgehead atoms. The van der Waals surface area contributed by atoms with Crippen LogP contribution in [-0.2, 0) is 11.8 Å². The molecule has 2 N–H and O–H groups in total. The molecule has 0 atom stereocenters. The predicted molar refractivity (Wildman–Crippen MR) is 94.6 cm³/mol. The van der Waals surface area contributed by atoms with Crippen molar-refractivity contribution >= 4 is 11.8 Å². The van der Waals surface area contributed by atoms with Crippen molar-refractivity contribution in [3.05, 3.63) is 48.8 Å². The third-order valence-electron chi connectivity index (χ3n) is 4.34. The molecule has 0 unspecified atom stereocenters. The summed E-state index contributed by atoms with van der Waals surface area (Å²) >= 11 is 0. The van der Waals surface area contributed by atoms with Crippen molar-refractivity contribution in [2.24, 2.45) is 13.0 Å². The number of carbonyl (C=O) groups excluding carboxylic acids is 1. The molecule has 2 heterocycles. The first-order valence-electron chi connectivity index (χ1n) is 8.18. The van der Waals surface area contributed by atoms with Crippen molar-refractivity contribution < 1.29 is 9.53 Å². The van der Waals surface area contributed by atoms with Crippen LogP contribution in [0.15, 0.2) is 48.8 Å². The minimum absolute atomic E-state index is 0.0938. The number of aryl methyl sites for hydroxylation is 1. The minimum atomic E-state index is -0.132. The lowest BCUT2D eigenvalue weighted by Gasteiger charge is -2.06. The van der Waals surface area contributed by atoms with Crippen molar-refractivity contribution in [1.82, 2.24) is 14.8 Å². The van der Waals surface area contributed by atoms with Crippen LogP contribution in [0.4, 0.5) is 5.82 Å². The van der Waals surface area contributed by atoms with Crippen molar-refractivity contribution in [3.63, 3.8) is 0 Å². The van der Waals surface area contributed by atoms with E-state index in [9.17, 15) is 4.79 Å². The monoisotopic (exact) mass is 334 g/mol. The average molecular weight is 334 g/mol. The van der Waals surface area contributed by atoms with Gasteiger partial charge in [0.05, 0.1) is 23.4 Å². The summed E-state index contributed by atoms with van der Waals surface area (Å²) in [5.41, 5.74) is 9.56. The van der Waals surface area contributed by atoms with Gasteiger partial charge in [-0.2, -0.15) is 5.10 Å². The number of esters is 1. The van der Waals surface area contributed by atoms with E-state index < -0.39 is 0 Å². The van der Waals surface area contributed by atoms with Gasteiger partial charge in [-0.25, -0.2) is 0 Å². The largest absolute Gasteiger partial charge is 0.426 e. The van der Waals surface area contributed by atoms with Crippen molar-refractivity contribution in [1.29, 1.82) is 0 Å². The van der Waals surface area contributed by atoms with Gasteiger partial charge in [-0.15, -0.1) is 0 Å². The van der Waals surface area contributed by atoms with Gasteiger partial charge in [-0.1, -0.05) is 18.2 Å². The fourth-order valence-electron chi connectivity index (χ4n) is 2.60. The number of nitrogens with zero attached hydrogens (tertiary/aromatic N) is 3. The molecule has 0 amide bonds. The number of carbonyl (C=O) groups is 1. The van der Waals surface area contributed by atoms with Crippen LogP contribution in [0.25, 0.3) is 22.4 Å². The van der Waals surface area contributed by atoms with Crippen LogP contribution in [0.5, 0.6) is 5.75 Å². The summed E-state index contributed by atoms with van der Waals surface area (Å²) in [5, 5.41) is 4.13. The van der Waals surface area contributed by atoms with E-state index in [2.05, 4.69) is 10.1 Å². The normalized spacial score (nSPS) is 13.6. The van der Waals surface area contributed by atoms with Gasteiger partial charge in [0.25, 0.3) is 0 Å². The molecule has 1 aromatic carbocycles. The molecular formula is C19H18N4O2. The van der Waals surface area contributed by atoms with Crippen molar-refractivity contribution in [2.75, 3.05) is 5.73 Å². The Labute approximate surface area is 145 Å².